The first-order valence-corrected chi connectivity index (χ1v) is 6.52. The number of thioether (sulfide) groups is 1. The van der Waals surface area contributed by atoms with Crippen LogP contribution in [0.25, 0.3) is 0 Å². The van der Waals surface area contributed by atoms with E-state index < -0.39 is 0 Å². The molecule has 1 aromatic carbocycles. The molecule has 6 heteroatoms. The molecular formula is C11H11FN4S. The van der Waals surface area contributed by atoms with Crippen molar-refractivity contribution in [2.45, 2.75) is 11.7 Å². The lowest BCUT2D eigenvalue weighted by Gasteiger charge is -2.14. The van der Waals surface area contributed by atoms with Crippen LogP contribution in [0.4, 0.5) is 16.0 Å². The Bertz CT molecular complexity index is 537. The first-order valence-electron chi connectivity index (χ1n) is 5.30. The minimum Gasteiger partial charge on any atom is -0.309 e. The molecule has 3 rings (SSSR count). The summed E-state index contributed by atoms with van der Waals surface area (Å²) >= 11 is 1.58. The summed E-state index contributed by atoms with van der Waals surface area (Å²) in [6, 6.07) is 6.45. The van der Waals surface area contributed by atoms with Crippen molar-refractivity contribution < 1.29 is 4.39 Å². The van der Waals surface area contributed by atoms with Gasteiger partial charge in [-0.2, -0.15) is 0 Å². The summed E-state index contributed by atoms with van der Waals surface area (Å²) in [5, 5.41) is 9.20. The van der Waals surface area contributed by atoms with Crippen molar-refractivity contribution in [2.24, 2.45) is 0 Å². The maximum Gasteiger partial charge on any atom is 0.232 e. The van der Waals surface area contributed by atoms with Gasteiger partial charge in [0.05, 0.1) is 0 Å². The van der Waals surface area contributed by atoms with Crippen molar-refractivity contribution in [1.29, 1.82) is 0 Å². The summed E-state index contributed by atoms with van der Waals surface area (Å²) in [6.45, 7) is 1.72. The highest BCUT2D eigenvalue weighted by Crippen LogP contribution is 2.31. The van der Waals surface area contributed by atoms with E-state index in [1.165, 1.54) is 12.1 Å². The van der Waals surface area contributed by atoms with E-state index in [-0.39, 0.29) is 5.82 Å². The molecule has 0 fully saturated rings. The number of anilines is 2. The molecule has 0 atom stereocenters. The van der Waals surface area contributed by atoms with Gasteiger partial charge in [-0.05, 0) is 30.5 Å². The molecule has 1 aliphatic heterocycles. The minimum atomic E-state index is -0.223. The van der Waals surface area contributed by atoms with E-state index in [9.17, 15) is 4.39 Å². The summed E-state index contributed by atoms with van der Waals surface area (Å²) in [4.78, 5) is 2.05. The van der Waals surface area contributed by atoms with Gasteiger partial charge in [0.25, 0.3) is 0 Å². The van der Waals surface area contributed by atoms with E-state index in [0.717, 1.165) is 29.9 Å². The van der Waals surface area contributed by atoms with Crippen LogP contribution in [0.5, 0.6) is 0 Å². The number of hydrogen-bond acceptors (Lipinski definition) is 4. The predicted molar refractivity (Wildman–Crippen MR) is 65.2 cm³/mol. The zero-order valence-corrected chi connectivity index (χ0v) is 10.1. The molecule has 17 heavy (non-hydrogen) atoms. The van der Waals surface area contributed by atoms with Gasteiger partial charge in [0.1, 0.15) is 5.82 Å². The highest BCUT2D eigenvalue weighted by molar-refractivity contribution is 7.98. The highest BCUT2D eigenvalue weighted by atomic mass is 32.2. The van der Waals surface area contributed by atoms with Gasteiger partial charge >= 0.3 is 0 Å². The number of aromatic nitrogens is 3. The first-order chi connectivity index (χ1) is 8.29. The summed E-state index contributed by atoms with van der Waals surface area (Å²) in [7, 11) is 0. The van der Waals surface area contributed by atoms with Crippen molar-refractivity contribution in [3.05, 3.63) is 30.1 Å². The number of halogens is 1. The highest BCUT2D eigenvalue weighted by Gasteiger charge is 2.25. The van der Waals surface area contributed by atoms with E-state index in [1.54, 1.807) is 23.9 Å². The summed E-state index contributed by atoms with van der Waals surface area (Å²) in [5.74, 6) is 0.611. The monoisotopic (exact) mass is 250 g/mol. The van der Waals surface area contributed by atoms with Crippen molar-refractivity contribution >= 4 is 23.4 Å². The molecule has 0 bridgehead atoms. The van der Waals surface area contributed by atoms with E-state index in [2.05, 4.69) is 14.8 Å². The average molecular weight is 250 g/mol. The van der Waals surface area contributed by atoms with Crippen LogP contribution in [0, 0.1) is 5.82 Å². The number of nitrogens with zero attached hydrogens (tertiary/aromatic N) is 4. The van der Waals surface area contributed by atoms with Crippen LogP contribution in [0.1, 0.15) is 0 Å². The van der Waals surface area contributed by atoms with Crippen LogP contribution in [0.2, 0.25) is 0 Å². The topological polar surface area (TPSA) is 34.0 Å². The molecule has 1 aliphatic rings. The van der Waals surface area contributed by atoms with Crippen molar-refractivity contribution in [2.75, 3.05) is 17.7 Å². The predicted octanol–water partition coefficient (Wildman–Crippen LogP) is 2.29. The van der Waals surface area contributed by atoms with Crippen LogP contribution >= 0.6 is 11.8 Å². The minimum absolute atomic E-state index is 0.223. The summed E-state index contributed by atoms with van der Waals surface area (Å²) < 4.78 is 15.0. The van der Waals surface area contributed by atoms with Crippen molar-refractivity contribution in [3.8, 4) is 0 Å². The third kappa shape index (κ3) is 1.68. The normalized spacial score (nSPS) is 14.1. The molecule has 0 spiro atoms. The fourth-order valence-corrected chi connectivity index (χ4v) is 2.51. The van der Waals surface area contributed by atoms with Gasteiger partial charge in [-0.15, -0.1) is 10.2 Å². The fraction of sp³-hybridized carbons (Fsp3) is 0.273. The van der Waals surface area contributed by atoms with Gasteiger partial charge < -0.3 is 4.90 Å². The molecule has 4 nitrogen and oxygen atoms in total. The van der Waals surface area contributed by atoms with Gasteiger partial charge in [0, 0.05) is 18.8 Å². The third-order valence-corrected chi connectivity index (χ3v) is 3.47. The van der Waals surface area contributed by atoms with Crippen LogP contribution in [0.15, 0.2) is 29.4 Å². The van der Waals surface area contributed by atoms with Gasteiger partial charge in [-0.3, -0.25) is 4.57 Å². The molecule has 0 radical (unpaired) electrons. The fourth-order valence-electron chi connectivity index (χ4n) is 1.99. The SMILES string of the molecule is CSc1nnc2n1CCN2c1ccc(F)cc1. The molecule has 0 unspecified atom stereocenters. The smallest absolute Gasteiger partial charge is 0.232 e. The molecule has 0 amide bonds. The number of benzene rings is 1. The van der Waals surface area contributed by atoms with E-state index in [0.29, 0.717) is 0 Å². The maximum absolute atomic E-state index is 12.9. The molecular weight excluding hydrogens is 239 g/mol. The number of hydrogen-bond donors (Lipinski definition) is 0. The molecule has 0 saturated heterocycles. The first kappa shape index (κ1) is 10.6. The summed E-state index contributed by atoms with van der Waals surface area (Å²) in [6.07, 6.45) is 1.98. The largest absolute Gasteiger partial charge is 0.309 e. The standard InChI is InChI=1S/C11H11FN4S/c1-17-11-14-13-10-15(6-7-16(10)11)9-4-2-8(12)3-5-9/h2-5H,6-7H2,1H3. The Morgan fingerprint density at radius 2 is 1.94 bits per heavy atom. The van der Waals surface area contributed by atoms with Crippen LogP contribution in [-0.4, -0.2) is 27.6 Å². The van der Waals surface area contributed by atoms with Gasteiger partial charge in [-0.25, -0.2) is 4.39 Å². The number of fused-ring (bicyclic) bond motifs is 1. The average Bonchev–Trinajstić information content (AvgIpc) is 2.91. The summed E-state index contributed by atoms with van der Waals surface area (Å²) in [5.41, 5.74) is 0.949. The zero-order valence-electron chi connectivity index (χ0n) is 9.30. The second kappa shape index (κ2) is 4.03. The Kier molecular flexibility index (Phi) is 2.51. The number of rotatable bonds is 2. The Morgan fingerprint density at radius 3 is 2.65 bits per heavy atom. The van der Waals surface area contributed by atoms with E-state index in [1.807, 2.05) is 11.2 Å². The zero-order chi connectivity index (χ0) is 11.8. The van der Waals surface area contributed by atoms with Crippen molar-refractivity contribution in [1.82, 2.24) is 14.8 Å². The van der Waals surface area contributed by atoms with Gasteiger partial charge in [-0.1, -0.05) is 11.8 Å². The van der Waals surface area contributed by atoms with Crippen LogP contribution < -0.4 is 4.90 Å². The molecule has 0 aliphatic carbocycles. The molecule has 2 heterocycles. The van der Waals surface area contributed by atoms with Crippen molar-refractivity contribution in [3.63, 3.8) is 0 Å². The van der Waals surface area contributed by atoms with E-state index in [4.69, 9.17) is 0 Å². The third-order valence-electron chi connectivity index (χ3n) is 2.81. The second-order valence-electron chi connectivity index (χ2n) is 3.77. The molecule has 2 aromatic rings. The Hall–Kier alpha value is -1.56. The quantitative estimate of drug-likeness (QED) is 0.766. The maximum atomic E-state index is 12.9. The Labute approximate surface area is 102 Å². The molecule has 88 valence electrons. The molecule has 0 saturated carbocycles. The molecule has 0 N–H and O–H groups in total. The lowest BCUT2D eigenvalue weighted by molar-refractivity contribution is 0.627. The Morgan fingerprint density at radius 1 is 1.18 bits per heavy atom. The Balaban J connectivity index is 1.98. The van der Waals surface area contributed by atoms with E-state index >= 15 is 0 Å². The second-order valence-corrected chi connectivity index (χ2v) is 4.54. The van der Waals surface area contributed by atoms with Crippen LogP contribution in [-0.2, 0) is 6.54 Å². The van der Waals surface area contributed by atoms with Gasteiger partial charge in [0.2, 0.25) is 5.95 Å². The van der Waals surface area contributed by atoms with Crippen LogP contribution in [0.3, 0.4) is 0 Å². The molecule has 1 aromatic heterocycles. The van der Waals surface area contributed by atoms with Gasteiger partial charge in [0.15, 0.2) is 5.16 Å². The lowest BCUT2D eigenvalue weighted by Crippen LogP contribution is -2.14. The lowest BCUT2D eigenvalue weighted by atomic mass is 10.3.